The minimum atomic E-state index is -0.677. The summed E-state index contributed by atoms with van der Waals surface area (Å²) in [6.45, 7) is 7.01. The summed E-state index contributed by atoms with van der Waals surface area (Å²) in [6, 6.07) is 0.140. The van der Waals surface area contributed by atoms with Gasteiger partial charge in [0.05, 0.1) is 0 Å². The van der Waals surface area contributed by atoms with E-state index in [-0.39, 0.29) is 12.0 Å². The van der Waals surface area contributed by atoms with Crippen LogP contribution in [0.15, 0.2) is 0 Å². The third-order valence-electron chi connectivity index (χ3n) is 2.85. The molecule has 0 spiro atoms. The number of carbonyl (C=O) groups is 1. The molecule has 1 N–H and O–H groups in total. The molecule has 1 fully saturated rings. The topological polar surface area (TPSA) is 40.5 Å². The van der Waals surface area contributed by atoms with E-state index >= 15 is 0 Å². The Hall–Kier alpha value is -0.570. The van der Waals surface area contributed by atoms with Gasteiger partial charge < -0.3 is 5.11 Å². The number of aliphatic carboxylic acids is 1. The molecule has 1 aliphatic rings. The van der Waals surface area contributed by atoms with E-state index in [1.165, 1.54) is 0 Å². The molecule has 1 rings (SSSR count). The van der Waals surface area contributed by atoms with E-state index in [9.17, 15) is 4.79 Å². The predicted octanol–water partition coefficient (Wildman–Crippen LogP) is 1.58. The molecule has 0 saturated carbocycles. The van der Waals surface area contributed by atoms with Crippen LogP contribution in [-0.2, 0) is 4.79 Å². The van der Waals surface area contributed by atoms with Crippen LogP contribution in [0, 0.1) is 5.92 Å². The van der Waals surface area contributed by atoms with Gasteiger partial charge in [0.15, 0.2) is 0 Å². The number of likely N-dealkylation sites (tertiary alicyclic amines) is 1. The second kappa shape index (κ2) is 4.09. The monoisotopic (exact) mass is 185 g/mol. The largest absolute Gasteiger partial charge is 0.480 e. The third-order valence-corrected chi connectivity index (χ3v) is 2.85. The Morgan fingerprint density at radius 2 is 2.15 bits per heavy atom. The lowest BCUT2D eigenvalue weighted by molar-refractivity contribution is -0.145. The van der Waals surface area contributed by atoms with Gasteiger partial charge in [0, 0.05) is 6.04 Å². The summed E-state index contributed by atoms with van der Waals surface area (Å²) in [5, 5.41) is 9.08. The second-order valence-corrected chi connectivity index (χ2v) is 4.26. The van der Waals surface area contributed by atoms with Crippen molar-refractivity contribution in [2.24, 2.45) is 5.92 Å². The maximum absolute atomic E-state index is 11.0. The van der Waals surface area contributed by atoms with Crippen molar-refractivity contribution in [1.82, 2.24) is 4.90 Å². The van der Waals surface area contributed by atoms with Gasteiger partial charge in [-0.05, 0) is 32.2 Å². The average Bonchev–Trinajstić information content (AvgIpc) is 2.35. The molecular formula is C10H19NO2. The Kier molecular flexibility index (Phi) is 3.31. The second-order valence-electron chi connectivity index (χ2n) is 4.26. The van der Waals surface area contributed by atoms with Gasteiger partial charge in [0.1, 0.15) is 6.04 Å². The molecule has 0 aromatic heterocycles. The van der Waals surface area contributed by atoms with Crippen molar-refractivity contribution in [3.05, 3.63) is 0 Å². The number of hydrogen-bond donors (Lipinski definition) is 1. The van der Waals surface area contributed by atoms with Crippen molar-refractivity contribution >= 4 is 5.97 Å². The number of hydrogen-bond acceptors (Lipinski definition) is 2. The highest BCUT2D eigenvalue weighted by Gasteiger charge is 2.34. The predicted molar refractivity (Wildman–Crippen MR) is 51.7 cm³/mol. The fourth-order valence-electron chi connectivity index (χ4n) is 2.18. The molecule has 3 nitrogen and oxygen atoms in total. The molecule has 0 aromatic rings. The summed E-state index contributed by atoms with van der Waals surface area (Å²) in [7, 11) is 0. The van der Waals surface area contributed by atoms with E-state index in [0.717, 1.165) is 19.4 Å². The fourth-order valence-corrected chi connectivity index (χ4v) is 2.18. The normalized spacial score (nSPS) is 26.6. The molecule has 1 aliphatic heterocycles. The summed E-state index contributed by atoms with van der Waals surface area (Å²) in [4.78, 5) is 13.1. The van der Waals surface area contributed by atoms with Gasteiger partial charge in [-0.2, -0.15) is 0 Å². The lowest BCUT2D eigenvalue weighted by atomic mass is 10.0. The van der Waals surface area contributed by atoms with E-state index in [1.54, 1.807) is 0 Å². The van der Waals surface area contributed by atoms with Crippen LogP contribution >= 0.6 is 0 Å². The first-order valence-corrected chi connectivity index (χ1v) is 5.02. The Morgan fingerprint density at radius 3 is 2.46 bits per heavy atom. The third kappa shape index (κ3) is 2.21. The van der Waals surface area contributed by atoms with Crippen LogP contribution in [0.2, 0.25) is 0 Å². The molecule has 2 atom stereocenters. The maximum Gasteiger partial charge on any atom is 0.321 e. The minimum absolute atomic E-state index is 0.193. The van der Waals surface area contributed by atoms with Crippen molar-refractivity contribution in [3.63, 3.8) is 0 Å². The number of rotatable bonds is 3. The van der Waals surface area contributed by atoms with E-state index in [1.807, 2.05) is 13.8 Å². The zero-order valence-electron chi connectivity index (χ0n) is 8.66. The Bertz CT molecular complexity index is 191. The fraction of sp³-hybridized carbons (Fsp3) is 0.900. The van der Waals surface area contributed by atoms with Crippen LogP contribution in [0.1, 0.15) is 33.6 Å². The lowest BCUT2D eigenvalue weighted by Gasteiger charge is -2.30. The van der Waals surface area contributed by atoms with Crippen LogP contribution in [0.25, 0.3) is 0 Å². The number of nitrogens with zero attached hydrogens (tertiary/aromatic N) is 1. The van der Waals surface area contributed by atoms with Gasteiger partial charge in [-0.15, -0.1) is 0 Å². The quantitative estimate of drug-likeness (QED) is 0.725. The zero-order valence-corrected chi connectivity index (χ0v) is 8.66. The Morgan fingerprint density at radius 1 is 1.54 bits per heavy atom. The zero-order chi connectivity index (χ0) is 10.0. The van der Waals surface area contributed by atoms with E-state index in [0.29, 0.717) is 6.04 Å². The van der Waals surface area contributed by atoms with Crippen molar-refractivity contribution in [1.29, 1.82) is 0 Å². The van der Waals surface area contributed by atoms with Crippen LogP contribution in [0.5, 0.6) is 0 Å². The van der Waals surface area contributed by atoms with Crippen LogP contribution in [-0.4, -0.2) is 34.6 Å². The molecule has 2 unspecified atom stereocenters. The van der Waals surface area contributed by atoms with Crippen LogP contribution in [0.3, 0.4) is 0 Å². The van der Waals surface area contributed by atoms with E-state index in [2.05, 4.69) is 11.8 Å². The summed E-state index contributed by atoms with van der Waals surface area (Å²) in [5.41, 5.74) is 0. The molecule has 0 aliphatic carbocycles. The SMILES string of the molecule is CC(C)C(C(=O)O)N1CCCC1C. The van der Waals surface area contributed by atoms with Crippen LogP contribution in [0.4, 0.5) is 0 Å². The van der Waals surface area contributed by atoms with Crippen molar-refractivity contribution < 1.29 is 9.90 Å². The first-order chi connectivity index (χ1) is 6.04. The van der Waals surface area contributed by atoms with E-state index < -0.39 is 5.97 Å². The number of carboxylic acid groups (broad SMARTS) is 1. The van der Waals surface area contributed by atoms with Gasteiger partial charge in [-0.1, -0.05) is 13.8 Å². The maximum atomic E-state index is 11.0. The van der Waals surface area contributed by atoms with Gasteiger partial charge in [-0.25, -0.2) is 0 Å². The molecular weight excluding hydrogens is 166 g/mol. The highest BCUT2D eigenvalue weighted by atomic mass is 16.4. The highest BCUT2D eigenvalue weighted by molar-refractivity contribution is 5.73. The smallest absolute Gasteiger partial charge is 0.321 e. The van der Waals surface area contributed by atoms with Crippen molar-refractivity contribution in [2.75, 3.05) is 6.54 Å². The molecule has 76 valence electrons. The van der Waals surface area contributed by atoms with Gasteiger partial charge in [-0.3, -0.25) is 9.69 Å². The standard InChI is InChI=1S/C10H19NO2/c1-7(2)9(10(12)13)11-6-4-5-8(11)3/h7-9H,4-6H2,1-3H3,(H,12,13). The van der Waals surface area contributed by atoms with Crippen LogP contribution < -0.4 is 0 Å². The minimum Gasteiger partial charge on any atom is -0.480 e. The van der Waals surface area contributed by atoms with Crippen molar-refractivity contribution in [3.8, 4) is 0 Å². The molecule has 0 radical (unpaired) electrons. The first-order valence-electron chi connectivity index (χ1n) is 5.02. The van der Waals surface area contributed by atoms with E-state index in [4.69, 9.17) is 5.11 Å². The van der Waals surface area contributed by atoms with Gasteiger partial charge in [0.25, 0.3) is 0 Å². The molecule has 1 saturated heterocycles. The van der Waals surface area contributed by atoms with Gasteiger partial charge >= 0.3 is 5.97 Å². The lowest BCUT2D eigenvalue weighted by Crippen LogP contribution is -2.46. The molecule has 0 bridgehead atoms. The molecule has 0 amide bonds. The molecule has 0 aromatic carbocycles. The highest BCUT2D eigenvalue weighted by Crippen LogP contribution is 2.23. The Balaban J connectivity index is 2.69. The van der Waals surface area contributed by atoms with Crippen molar-refractivity contribution in [2.45, 2.75) is 45.7 Å². The first kappa shape index (κ1) is 10.5. The molecule has 3 heteroatoms. The van der Waals surface area contributed by atoms with Gasteiger partial charge in [0.2, 0.25) is 0 Å². The summed E-state index contributed by atoms with van der Waals surface area (Å²) in [5.74, 6) is -0.484. The summed E-state index contributed by atoms with van der Waals surface area (Å²) < 4.78 is 0. The average molecular weight is 185 g/mol. The molecule has 13 heavy (non-hydrogen) atoms. The molecule has 1 heterocycles. The summed E-state index contributed by atoms with van der Waals surface area (Å²) in [6.07, 6.45) is 2.27. The summed E-state index contributed by atoms with van der Waals surface area (Å²) >= 11 is 0. The number of carboxylic acids is 1. The Labute approximate surface area is 79.7 Å².